The summed E-state index contributed by atoms with van der Waals surface area (Å²) >= 11 is 1.76. The first-order valence-corrected chi connectivity index (χ1v) is 8.65. The van der Waals surface area contributed by atoms with E-state index in [1.807, 2.05) is 0 Å². The summed E-state index contributed by atoms with van der Waals surface area (Å²) in [6.07, 6.45) is 2.33. The van der Waals surface area contributed by atoms with Crippen LogP contribution >= 0.6 is 11.3 Å². The minimum Gasteiger partial charge on any atom is -0.388 e. The van der Waals surface area contributed by atoms with Gasteiger partial charge in [-0.1, -0.05) is 6.92 Å². The number of aryl methyl sites for hydroxylation is 1. The molecular formula is C16H28N2O2S. The van der Waals surface area contributed by atoms with E-state index >= 15 is 0 Å². The number of aliphatic hydroxyl groups is 1. The summed E-state index contributed by atoms with van der Waals surface area (Å²) in [6, 6.07) is 2.39. The molecule has 4 nitrogen and oxygen atoms in total. The molecule has 0 radical (unpaired) electrons. The van der Waals surface area contributed by atoms with Crippen LogP contribution in [-0.4, -0.2) is 48.5 Å². The second-order valence-corrected chi connectivity index (χ2v) is 7.18. The van der Waals surface area contributed by atoms with Crippen molar-refractivity contribution in [3.63, 3.8) is 0 Å². The SMILES string of the molecule is CCC(N)C(c1sccc1C)N(C)CC1(O)CCOCC1. The van der Waals surface area contributed by atoms with Crippen LogP contribution in [0.15, 0.2) is 11.4 Å². The molecule has 5 heteroatoms. The number of nitrogens with zero attached hydrogens (tertiary/aromatic N) is 1. The predicted molar refractivity (Wildman–Crippen MR) is 87.7 cm³/mol. The van der Waals surface area contributed by atoms with Gasteiger partial charge in [0.25, 0.3) is 0 Å². The number of nitrogens with two attached hydrogens (primary N) is 1. The van der Waals surface area contributed by atoms with Gasteiger partial charge in [0, 0.05) is 43.5 Å². The van der Waals surface area contributed by atoms with E-state index in [0.29, 0.717) is 32.6 Å². The van der Waals surface area contributed by atoms with Crippen LogP contribution in [-0.2, 0) is 4.74 Å². The number of likely N-dealkylation sites (N-methyl/N-ethyl adjacent to an activating group) is 1. The van der Waals surface area contributed by atoms with Crippen LogP contribution in [0, 0.1) is 6.92 Å². The fraction of sp³-hybridized carbons (Fsp3) is 0.750. The van der Waals surface area contributed by atoms with Crippen LogP contribution in [0.5, 0.6) is 0 Å². The monoisotopic (exact) mass is 312 g/mol. The zero-order valence-corrected chi connectivity index (χ0v) is 14.2. The number of thiophene rings is 1. The van der Waals surface area contributed by atoms with E-state index < -0.39 is 5.60 Å². The molecule has 1 aromatic heterocycles. The van der Waals surface area contributed by atoms with E-state index in [-0.39, 0.29) is 12.1 Å². The molecule has 0 saturated carbocycles. The zero-order valence-electron chi connectivity index (χ0n) is 13.3. The Morgan fingerprint density at radius 3 is 2.67 bits per heavy atom. The largest absolute Gasteiger partial charge is 0.388 e. The lowest BCUT2D eigenvalue weighted by Crippen LogP contribution is -2.49. The fourth-order valence-electron chi connectivity index (χ4n) is 3.10. The quantitative estimate of drug-likeness (QED) is 0.846. The lowest BCUT2D eigenvalue weighted by atomic mass is 9.92. The maximum Gasteiger partial charge on any atom is 0.0818 e. The first kappa shape index (κ1) is 16.9. The molecule has 0 amide bonds. The predicted octanol–water partition coefficient (Wildman–Crippen LogP) is 2.31. The van der Waals surface area contributed by atoms with E-state index in [2.05, 4.69) is 37.2 Å². The van der Waals surface area contributed by atoms with Crippen molar-refractivity contribution >= 4 is 11.3 Å². The van der Waals surface area contributed by atoms with Gasteiger partial charge in [-0.2, -0.15) is 0 Å². The van der Waals surface area contributed by atoms with Crippen LogP contribution < -0.4 is 5.73 Å². The Balaban J connectivity index is 2.15. The van der Waals surface area contributed by atoms with Crippen molar-refractivity contribution in [3.8, 4) is 0 Å². The third kappa shape index (κ3) is 4.05. The van der Waals surface area contributed by atoms with Gasteiger partial charge in [-0.05, 0) is 37.4 Å². The highest BCUT2D eigenvalue weighted by Gasteiger charge is 2.35. The van der Waals surface area contributed by atoms with Gasteiger partial charge in [-0.3, -0.25) is 4.90 Å². The average molecular weight is 312 g/mol. The third-order valence-corrected chi connectivity index (χ3v) is 5.58. The summed E-state index contributed by atoms with van der Waals surface area (Å²) in [5.74, 6) is 0. The number of ether oxygens (including phenoxy) is 1. The van der Waals surface area contributed by atoms with Crippen LogP contribution in [0.4, 0.5) is 0 Å². The van der Waals surface area contributed by atoms with Gasteiger partial charge in [0.05, 0.1) is 11.6 Å². The highest BCUT2D eigenvalue weighted by atomic mass is 32.1. The molecule has 120 valence electrons. The smallest absolute Gasteiger partial charge is 0.0818 e. The van der Waals surface area contributed by atoms with E-state index in [4.69, 9.17) is 10.5 Å². The van der Waals surface area contributed by atoms with Crippen LogP contribution in [0.3, 0.4) is 0 Å². The summed E-state index contributed by atoms with van der Waals surface area (Å²) in [5.41, 5.74) is 7.03. The molecule has 0 spiro atoms. The molecule has 1 aliphatic heterocycles. The summed E-state index contributed by atoms with van der Waals surface area (Å²) in [7, 11) is 2.08. The average Bonchev–Trinajstić information content (AvgIpc) is 2.85. The maximum atomic E-state index is 10.8. The van der Waals surface area contributed by atoms with Crippen molar-refractivity contribution in [2.45, 2.75) is 50.8 Å². The molecule has 0 aliphatic carbocycles. The molecule has 2 unspecified atom stereocenters. The first-order valence-electron chi connectivity index (χ1n) is 7.77. The van der Waals surface area contributed by atoms with Gasteiger partial charge in [-0.25, -0.2) is 0 Å². The molecule has 1 aliphatic rings. The molecule has 1 aromatic rings. The van der Waals surface area contributed by atoms with Gasteiger partial charge in [0.1, 0.15) is 0 Å². The minimum absolute atomic E-state index is 0.0794. The van der Waals surface area contributed by atoms with Gasteiger partial charge in [-0.15, -0.1) is 11.3 Å². The lowest BCUT2D eigenvalue weighted by Gasteiger charge is -2.40. The standard InChI is InChI=1S/C16H28N2O2S/c1-4-13(17)14(15-12(2)5-10-21-15)18(3)11-16(19)6-8-20-9-7-16/h5,10,13-14,19H,4,6-9,11,17H2,1-3H3. The van der Waals surface area contributed by atoms with Crippen molar-refractivity contribution in [2.75, 3.05) is 26.8 Å². The first-order chi connectivity index (χ1) is 9.97. The summed E-state index contributed by atoms with van der Waals surface area (Å²) < 4.78 is 5.37. The molecule has 2 atom stereocenters. The van der Waals surface area contributed by atoms with Crippen molar-refractivity contribution in [1.29, 1.82) is 0 Å². The number of hydrogen-bond acceptors (Lipinski definition) is 5. The topological polar surface area (TPSA) is 58.7 Å². The number of hydrogen-bond donors (Lipinski definition) is 2. The number of rotatable bonds is 6. The molecule has 0 aromatic carbocycles. The fourth-order valence-corrected chi connectivity index (χ4v) is 4.27. The summed E-state index contributed by atoms with van der Waals surface area (Å²) in [5, 5.41) is 12.9. The van der Waals surface area contributed by atoms with Crippen molar-refractivity contribution in [2.24, 2.45) is 5.73 Å². The van der Waals surface area contributed by atoms with Gasteiger partial charge in [0.2, 0.25) is 0 Å². The zero-order chi connectivity index (χ0) is 15.5. The Bertz CT molecular complexity index is 443. The Kier molecular flexibility index (Phi) is 5.80. The molecule has 2 heterocycles. The van der Waals surface area contributed by atoms with E-state index in [1.54, 1.807) is 11.3 Å². The molecule has 1 saturated heterocycles. The Morgan fingerprint density at radius 1 is 1.48 bits per heavy atom. The lowest BCUT2D eigenvalue weighted by molar-refractivity contribution is -0.0826. The van der Waals surface area contributed by atoms with Gasteiger partial charge in [0.15, 0.2) is 0 Å². The van der Waals surface area contributed by atoms with Gasteiger partial charge < -0.3 is 15.6 Å². The van der Waals surface area contributed by atoms with Crippen LogP contribution in [0.25, 0.3) is 0 Å². The van der Waals surface area contributed by atoms with Crippen molar-refractivity contribution in [3.05, 3.63) is 21.9 Å². The Hall–Kier alpha value is -0.460. The highest BCUT2D eigenvalue weighted by Crippen LogP contribution is 2.33. The molecule has 1 fully saturated rings. The van der Waals surface area contributed by atoms with Crippen LogP contribution in [0.1, 0.15) is 42.7 Å². The van der Waals surface area contributed by atoms with Crippen LogP contribution in [0.2, 0.25) is 0 Å². The minimum atomic E-state index is -0.649. The second-order valence-electron chi connectivity index (χ2n) is 6.24. The Labute approximate surface area is 131 Å². The van der Waals surface area contributed by atoms with Crippen molar-refractivity contribution < 1.29 is 9.84 Å². The third-order valence-electron chi connectivity index (χ3n) is 4.49. The maximum absolute atomic E-state index is 10.8. The van der Waals surface area contributed by atoms with E-state index in [0.717, 1.165) is 6.42 Å². The highest BCUT2D eigenvalue weighted by molar-refractivity contribution is 7.10. The summed E-state index contributed by atoms with van der Waals surface area (Å²) in [4.78, 5) is 3.56. The Morgan fingerprint density at radius 2 is 2.14 bits per heavy atom. The second kappa shape index (κ2) is 7.20. The molecule has 2 rings (SSSR count). The molecular weight excluding hydrogens is 284 g/mol. The van der Waals surface area contributed by atoms with E-state index in [1.165, 1.54) is 10.4 Å². The molecule has 21 heavy (non-hydrogen) atoms. The normalized spacial score (nSPS) is 21.4. The van der Waals surface area contributed by atoms with E-state index in [9.17, 15) is 5.11 Å². The van der Waals surface area contributed by atoms with Gasteiger partial charge >= 0.3 is 0 Å². The summed E-state index contributed by atoms with van der Waals surface area (Å²) in [6.45, 7) is 6.20. The molecule has 0 bridgehead atoms. The molecule has 3 N–H and O–H groups in total. The van der Waals surface area contributed by atoms with Crippen molar-refractivity contribution in [1.82, 2.24) is 4.90 Å².